The first-order chi connectivity index (χ1) is 63.8. The molecule has 0 heteroatoms. The maximum atomic E-state index is 2.55. The third-order valence-electron chi connectivity index (χ3n) is 31.2. The lowest BCUT2D eigenvalue weighted by molar-refractivity contribution is 0.652. The summed E-state index contributed by atoms with van der Waals surface area (Å²) in [6.45, 7) is 24.0. The van der Waals surface area contributed by atoms with Crippen molar-refractivity contribution in [2.45, 2.75) is 96.3 Å². The largest absolute Gasteiger partial charge is 0.0622 e. The maximum absolute atomic E-state index is 2.55. The van der Waals surface area contributed by atoms with E-state index in [2.05, 4.69) is 482 Å². The molecule has 0 amide bonds. The van der Waals surface area contributed by atoms with Gasteiger partial charge in [-0.2, -0.15) is 0 Å². The molecule has 0 fully saturated rings. The van der Waals surface area contributed by atoms with Crippen molar-refractivity contribution >= 4 is 86.2 Å². The fourth-order valence-corrected chi connectivity index (χ4v) is 24.8. The molecule has 0 radical (unpaired) electrons. The summed E-state index contributed by atoms with van der Waals surface area (Å²) in [4.78, 5) is 0. The van der Waals surface area contributed by atoms with Crippen molar-refractivity contribution in [2.24, 2.45) is 0 Å². The topological polar surface area (TPSA) is 0 Å². The summed E-state index contributed by atoms with van der Waals surface area (Å²) in [5.41, 5.74) is 43.4. The van der Waals surface area contributed by atoms with Crippen LogP contribution in [0.1, 0.15) is 125 Å². The van der Waals surface area contributed by atoms with E-state index in [-0.39, 0.29) is 27.1 Å². The van der Waals surface area contributed by atoms with Crippen LogP contribution in [0.15, 0.2) is 413 Å². The van der Waals surface area contributed by atoms with Gasteiger partial charge in [-0.15, -0.1) is 0 Å². The lowest BCUT2D eigenvalue weighted by atomic mass is 9.78. The molecule has 0 atom stereocenters. The Morgan fingerprint density at radius 2 is 0.305 bits per heavy atom. The average molecular weight is 1670 g/mol. The molecule has 622 valence electrons. The Labute approximate surface area is 767 Å². The van der Waals surface area contributed by atoms with Gasteiger partial charge in [0.15, 0.2) is 0 Å². The van der Waals surface area contributed by atoms with Crippen molar-refractivity contribution in [3.05, 3.63) is 468 Å². The van der Waals surface area contributed by atoms with E-state index in [1.807, 2.05) is 0 Å². The highest BCUT2D eigenvalue weighted by atomic mass is 14.5. The fourth-order valence-electron chi connectivity index (χ4n) is 24.8. The van der Waals surface area contributed by atoms with E-state index in [1.54, 1.807) is 0 Å². The Morgan fingerprint density at radius 1 is 0.107 bits per heavy atom. The molecule has 22 aromatic carbocycles. The monoisotopic (exact) mass is 1670 g/mol. The van der Waals surface area contributed by atoms with Gasteiger partial charge in [-0.25, -0.2) is 0 Å². The number of hydrogen-bond donors (Lipinski definition) is 0. The lowest BCUT2D eigenvalue weighted by Gasteiger charge is -2.25. The second-order valence-corrected chi connectivity index (χ2v) is 39.8. The minimum absolute atomic E-state index is 0.00781. The number of rotatable bonds is 6. The number of hydrogen-bond acceptors (Lipinski definition) is 0. The van der Waals surface area contributed by atoms with Crippen LogP contribution in [-0.2, 0) is 27.1 Å². The van der Waals surface area contributed by atoms with Gasteiger partial charge in [0.1, 0.15) is 0 Å². The standard InChI is InChI=1S/C48H36.C44H34.C39H28/c1-47(2)40-25-15-14-19-31(40)37-26-42-39(28-41(37)47)46-32-20-9-8-18-30(32)38(27-43(46)48(42,3)4)45-35-23-12-10-21-33(35)44(29-16-6-5-7-17-29)34-22-11-13-24-36(34)45;1-43(2)37-21-13-12-16-29(37)35-25-40-36(26-39(35)43)30-23-22-28(24-38(30)44(40,3)4)42-33-19-10-8-17-31(33)41(27-14-6-5-7-15-27)32-18-9-11-20-34(32)42;1-39(2)34-23-13-12-22-32(34)38-27-17-7-6-16-26(27)33(24-35(38)39)37-30-20-10-8-18-28(30)36(25-14-4-3-5-15-25)29-19-9-11-21-31(29)37/h5-28H,1-4H3;5-26H,1-4H3;3-24H,1-2H3. The summed E-state index contributed by atoms with van der Waals surface area (Å²) in [6, 6.07) is 154. The molecular weight excluding hydrogens is 1570 g/mol. The molecule has 0 spiro atoms. The summed E-state index contributed by atoms with van der Waals surface area (Å²) < 4.78 is 0. The Bertz CT molecular complexity index is 8470. The highest BCUT2D eigenvalue weighted by Crippen LogP contribution is 2.63. The quantitative estimate of drug-likeness (QED) is 0.146. The molecule has 0 N–H and O–H groups in total. The van der Waals surface area contributed by atoms with Crippen LogP contribution < -0.4 is 0 Å². The van der Waals surface area contributed by atoms with Crippen molar-refractivity contribution in [1.29, 1.82) is 0 Å². The summed E-state index contributed by atoms with van der Waals surface area (Å²) in [6.07, 6.45) is 0. The molecule has 131 heavy (non-hydrogen) atoms. The summed E-state index contributed by atoms with van der Waals surface area (Å²) >= 11 is 0. The second-order valence-electron chi connectivity index (χ2n) is 39.8. The zero-order chi connectivity index (χ0) is 88.3. The van der Waals surface area contributed by atoms with Gasteiger partial charge in [0, 0.05) is 27.1 Å². The molecule has 0 bridgehead atoms. The van der Waals surface area contributed by atoms with Gasteiger partial charge in [-0.1, -0.05) is 439 Å². The van der Waals surface area contributed by atoms with E-state index in [9.17, 15) is 0 Å². The maximum Gasteiger partial charge on any atom is 0.0159 e. The van der Waals surface area contributed by atoms with Gasteiger partial charge >= 0.3 is 0 Å². The zero-order valence-corrected chi connectivity index (χ0v) is 75.8. The van der Waals surface area contributed by atoms with E-state index >= 15 is 0 Å². The molecule has 22 aromatic rings. The lowest BCUT2D eigenvalue weighted by Crippen LogP contribution is -2.17. The van der Waals surface area contributed by atoms with Crippen LogP contribution >= 0.6 is 0 Å². The smallest absolute Gasteiger partial charge is 0.0159 e. The SMILES string of the molecule is CC1(C)c2ccccc2-c2c1cc(-c1c3ccccc3c(-c3ccccc3)c3ccccc13)c1ccccc21.CC1(C)c2ccccc2-c2cc3c(cc21)-c1c(cc(-c2c4ccccc4c(-c4ccccc4)c4ccccc24)c2ccccc12)C3(C)C.CC1(C)c2ccccc2-c2cc3c(cc21)-c1ccc(-c2c4ccccc4c(-c4ccccc4)c4ccccc24)cc1C3(C)C. The average Bonchev–Trinajstić information content (AvgIpc) is 1.53. The van der Waals surface area contributed by atoms with Gasteiger partial charge in [0.05, 0.1) is 0 Å². The molecule has 0 heterocycles. The van der Waals surface area contributed by atoms with Crippen LogP contribution in [-0.4, -0.2) is 0 Å². The van der Waals surface area contributed by atoms with Crippen molar-refractivity contribution < 1.29 is 0 Å². The van der Waals surface area contributed by atoms with Crippen molar-refractivity contribution in [2.75, 3.05) is 0 Å². The summed E-state index contributed by atoms with van der Waals surface area (Å²) in [7, 11) is 0. The Balaban J connectivity index is 0.000000106. The molecule has 0 saturated carbocycles. The minimum Gasteiger partial charge on any atom is -0.0622 e. The van der Waals surface area contributed by atoms with Crippen LogP contribution in [0.5, 0.6) is 0 Å². The molecule has 5 aliphatic rings. The van der Waals surface area contributed by atoms with Crippen molar-refractivity contribution in [1.82, 2.24) is 0 Å². The molecule has 0 aromatic heterocycles. The van der Waals surface area contributed by atoms with Gasteiger partial charge in [0.2, 0.25) is 0 Å². The highest BCUT2D eigenvalue weighted by Gasteiger charge is 2.46. The van der Waals surface area contributed by atoms with E-state index in [1.165, 1.54) is 264 Å². The van der Waals surface area contributed by atoms with Gasteiger partial charge in [0.25, 0.3) is 0 Å². The van der Waals surface area contributed by atoms with Crippen LogP contribution in [0.2, 0.25) is 0 Å². The first kappa shape index (κ1) is 78.2. The third kappa shape index (κ3) is 11.4. The summed E-state index contributed by atoms with van der Waals surface area (Å²) in [5.74, 6) is 0. The first-order valence-corrected chi connectivity index (χ1v) is 46.8. The fraction of sp³-hybridized carbons (Fsp3) is 0.115. The molecule has 0 saturated heterocycles. The van der Waals surface area contributed by atoms with Crippen LogP contribution in [0, 0.1) is 0 Å². The molecular formula is C131H98. The number of fused-ring (bicyclic) bond motifs is 25. The molecule has 0 unspecified atom stereocenters. The Kier molecular flexibility index (Phi) is 17.3. The van der Waals surface area contributed by atoms with Crippen LogP contribution in [0.3, 0.4) is 0 Å². The molecule has 0 aliphatic heterocycles. The normalized spacial score (nSPS) is 14.6. The van der Waals surface area contributed by atoms with Gasteiger partial charge in [-0.3, -0.25) is 0 Å². The van der Waals surface area contributed by atoms with Gasteiger partial charge in [-0.05, 0) is 307 Å². The second kappa shape index (κ2) is 29.0. The summed E-state index contributed by atoms with van der Waals surface area (Å²) in [5, 5.41) is 20.9. The van der Waals surface area contributed by atoms with E-state index < -0.39 is 0 Å². The predicted octanol–water partition coefficient (Wildman–Crippen LogP) is 35.8. The Morgan fingerprint density at radius 3 is 0.641 bits per heavy atom. The number of benzene rings is 22. The van der Waals surface area contributed by atoms with E-state index in [0.717, 1.165) is 0 Å². The van der Waals surface area contributed by atoms with Crippen LogP contribution in [0.4, 0.5) is 0 Å². The van der Waals surface area contributed by atoms with E-state index in [0.29, 0.717) is 0 Å². The van der Waals surface area contributed by atoms with Crippen molar-refractivity contribution in [3.8, 4) is 122 Å². The minimum atomic E-state index is -0.157. The third-order valence-corrected chi connectivity index (χ3v) is 31.2. The first-order valence-electron chi connectivity index (χ1n) is 46.8. The molecule has 5 aliphatic carbocycles. The van der Waals surface area contributed by atoms with E-state index in [4.69, 9.17) is 0 Å². The highest BCUT2D eigenvalue weighted by molar-refractivity contribution is 6.28. The molecule has 0 nitrogen and oxygen atoms in total. The van der Waals surface area contributed by atoms with Gasteiger partial charge < -0.3 is 0 Å². The van der Waals surface area contributed by atoms with Crippen LogP contribution in [0.25, 0.3) is 209 Å². The van der Waals surface area contributed by atoms with Crippen molar-refractivity contribution in [3.63, 3.8) is 0 Å². The zero-order valence-electron chi connectivity index (χ0n) is 75.8. The predicted molar refractivity (Wildman–Crippen MR) is 560 cm³/mol. The Hall–Kier alpha value is -15.1. The molecule has 27 rings (SSSR count).